The summed E-state index contributed by atoms with van der Waals surface area (Å²) in [6.07, 6.45) is 4.74. The summed E-state index contributed by atoms with van der Waals surface area (Å²) in [5, 5.41) is 0. The lowest BCUT2D eigenvalue weighted by Gasteiger charge is -2.38. The molecule has 6 nitrogen and oxygen atoms in total. The number of esters is 1. The number of hydrogen-bond acceptors (Lipinski definition) is 4. The first-order chi connectivity index (χ1) is 14.8. The molecule has 1 N–H and O–H groups in total. The van der Waals surface area contributed by atoms with Crippen LogP contribution in [0.25, 0.3) is 0 Å². The molecule has 7 heteroatoms. The highest BCUT2D eigenvalue weighted by Gasteiger charge is 2.36. The van der Waals surface area contributed by atoms with E-state index in [2.05, 4.69) is 4.98 Å². The van der Waals surface area contributed by atoms with Crippen LogP contribution in [0.15, 0.2) is 24.3 Å². The van der Waals surface area contributed by atoms with E-state index in [1.54, 1.807) is 25.7 Å². The Morgan fingerprint density at radius 3 is 2.29 bits per heavy atom. The topological polar surface area (TPSA) is 79.5 Å². The molecular formula is C24H29FN2O4. The maximum atomic E-state index is 13.6. The third-order valence-corrected chi connectivity index (χ3v) is 6.16. The predicted octanol–water partition coefficient (Wildman–Crippen LogP) is 4.60. The Labute approximate surface area is 181 Å². The smallest absolute Gasteiger partial charge is 0.354 e. The summed E-state index contributed by atoms with van der Waals surface area (Å²) in [6, 6.07) is 4.60. The maximum absolute atomic E-state index is 13.6. The van der Waals surface area contributed by atoms with E-state index in [9.17, 15) is 18.8 Å². The van der Waals surface area contributed by atoms with Gasteiger partial charge in [0, 0.05) is 22.9 Å². The molecule has 1 aliphatic carbocycles. The van der Waals surface area contributed by atoms with Gasteiger partial charge in [-0.05, 0) is 63.4 Å². The minimum atomic E-state index is -0.737. The Balaban J connectivity index is 1.98. The van der Waals surface area contributed by atoms with Crippen LogP contribution in [0.2, 0.25) is 0 Å². The average Bonchev–Trinajstić information content (AvgIpc) is 3.07. The lowest BCUT2D eigenvalue weighted by Crippen LogP contribution is -2.50. The number of aromatic amines is 1. The molecule has 2 aromatic rings. The molecule has 1 saturated carbocycles. The molecule has 0 spiro atoms. The van der Waals surface area contributed by atoms with Crippen molar-refractivity contribution in [3.05, 3.63) is 58.2 Å². The van der Waals surface area contributed by atoms with Gasteiger partial charge in [0.2, 0.25) is 0 Å². The minimum absolute atomic E-state index is 0.0649. The summed E-state index contributed by atoms with van der Waals surface area (Å²) in [5.74, 6) is -1.48. The first-order valence-corrected chi connectivity index (χ1v) is 10.7. The van der Waals surface area contributed by atoms with Crippen molar-refractivity contribution >= 4 is 17.7 Å². The fourth-order valence-corrected chi connectivity index (χ4v) is 4.52. The highest BCUT2D eigenvalue weighted by Crippen LogP contribution is 2.29. The van der Waals surface area contributed by atoms with Crippen LogP contribution in [0.5, 0.6) is 0 Å². The SMILES string of the molecule is COC(=O)c1[nH]c(C)c(C(=O)[C@H](C)N(C(=O)c2ccc(F)cc2)C2CCCCC2)c1C. The minimum Gasteiger partial charge on any atom is -0.464 e. The Bertz CT molecular complexity index is 974. The monoisotopic (exact) mass is 428 g/mol. The molecule has 31 heavy (non-hydrogen) atoms. The number of methoxy groups -OCH3 is 1. The van der Waals surface area contributed by atoms with E-state index in [1.807, 2.05) is 0 Å². The quantitative estimate of drug-likeness (QED) is 0.539. The number of carbonyl (C=O) groups is 3. The van der Waals surface area contributed by atoms with Crippen molar-refractivity contribution in [1.29, 1.82) is 0 Å². The number of nitrogens with zero attached hydrogens (tertiary/aromatic N) is 1. The predicted molar refractivity (Wildman–Crippen MR) is 115 cm³/mol. The number of benzene rings is 1. The molecule has 166 valence electrons. The second-order valence-electron chi connectivity index (χ2n) is 8.17. The van der Waals surface area contributed by atoms with Crippen molar-refractivity contribution in [1.82, 2.24) is 9.88 Å². The molecule has 0 saturated heterocycles. The number of rotatable bonds is 6. The summed E-state index contributed by atoms with van der Waals surface area (Å²) < 4.78 is 18.2. The first kappa shape index (κ1) is 22.7. The highest BCUT2D eigenvalue weighted by molar-refractivity contribution is 6.07. The number of Topliss-reactive ketones (excluding diaryl/α,β-unsaturated/α-hetero) is 1. The van der Waals surface area contributed by atoms with Gasteiger partial charge < -0.3 is 14.6 Å². The zero-order valence-electron chi connectivity index (χ0n) is 18.5. The Hall–Kier alpha value is -2.96. The summed E-state index contributed by atoms with van der Waals surface area (Å²) >= 11 is 0. The number of ether oxygens (including phenoxy) is 1. The van der Waals surface area contributed by atoms with Crippen molar-refractivity contribution in [3.8, 4) is 0 Å². The zero-order chi connectivity index (χ0) is 22.7. The van der Waals surface area contributed by atoms with Crippen LogP contribution >= 0.6 is 0 Å². The summed E-state index contributed by atoms with van der Waals surface area (Å²) in [6.45, 7) is 5.15. The third-order valence-electron chi connectivity index (χ3n) is 6.16. The van der Waals surface area contributed by atoms with Gasteiger partial charge in [-0.25, -0.2) is 9.18 Å². The Morgan fingerprint density at radius 2 is 1.71 bits per heavy atom. The number of aryl methyl sites for hydroxylation is 1. The number of carbonyl (C=O) groups excluding carboxylic acids is 3. The fourth-order valence-electron chi connectivity index (χ4n) is 4.52. The molecule has 1 amide bonds. The van der Waals surface area contributed by atoms with E-state index in [4.69, 9.17) is 4.74 Å². The van der Waals surface area contributed by atoms with Crippen LogP contribution < -0.4 is 0 Å². The van der Waals surface area contributed by atoms with Crippen LogP contribution in [-0.4, -0.2) is 46.7 Å². The number of nitrogens with one attached hydrogen (secondary N) is 1. The maximum Gasteiger partial charge on any atom is 0.354 e. The van der Waals surface area contributed by atoms with Gasteiger partial charge in [-0.15, -0.1) is 0 Å². The molecule has 0 aliphatic heterocycles. The third kappa shape index (κ3) is 4.55. The average molecular weight is 429 g/mol. The van der Waals surface area contributed by atoms with Crippen molar-refractivity contribution in [2.24, 2.45) is 0 Å². The van der Waals surface area contributed by atoms with Gasteiger partial charge in [-0.1, -0.05) is 19.3 Å². The molecule has 1 aromatic heterocycles. The van der Waals surface area contributed by atoms with Crippen molar-refractivity contribution in [2.45, 2.75) is 65.0 Å². The van der Waals surface area contributed by atoms with E-state index >= 15 is 0 Å². The summed E-state index contributed by atoms with van der Waals surface area (Å²) in [4.78, 5) is 43.6. The van der Waals surface area contributed by atoms with E-state index in [-0.39, 0.29) is 23.4 Å². The van der Waals surface area contributed by atoms with Crippen molar-refractivity contribution in [2.75, 3.05) is 7.11 Å². The normalized spacial score (nSPS) is 15.4. The van der Waals surface area contributed by atoms with E-state index in [1.165, 1.54) is 31.4 Å². The number of amides is 1. The van der Waals surface area contributed by atoms with Gasteiger partial charge in [0.05, 0.1) is 13.2 Å². The largest absolute Gasteiger partial charge is 0.464 e. The zero-order valence-corrected chi connectivity index (χ0v) is 18.5. The number of halogens is 1. The van der Waals surface area contributed by atoms with Gasteiger partial charge in [-0.2, -0.15) is 0 Å². The van der Waals surface area contributed by atoms with Gasteiger partial charge in [0.25, 0.3) is 5.91 Å². The van der Waals surface area contributed by atoms with E-state index in [0.29, 0.717) is 22.4 Å². The summed E-state index contributed by atoms with van der Waals surface area (Å²) in [7, 11) is 1.29. The van der Waals surface area contributed by atoms with Gasteiger partial charge in [0.15, 0.2) is 5.78 Å². The van der Waals surface area contributed by atoms with Crippen molar-refractivity contribution < 1.29 is 23.5 Å². The second kappa shape index (κ2) is 9.45. The van der Waals surface area contributed by atoms with Gasteiger partial charge in [-0.3, -0.25) is 9.59 Å². The molecular weight excluding hydrogens is 399 g/mol. The number of H-pyrrole nitrogens is 1. The highest BCUT2D eigenvalue weighted by atomic mass is 19.1. The number of aromatic nitrogens is 1. The van der Waals surface area contributed by atoms with E-state index in [0.717, 1.165) is 32.1 Å². The van der Waals surface area contributed by atoms with Crippen LogP contribution in [0, 0.1) is 19.7 Å². The fraction of sp³-hybridized carbons (Fsp3) is 0.458. The van der Waals surface area contributed by atoms with Crippen LogP contribution in [-0.2, 0) is 4.74 Å². The molecule has 0 radical (unpaired) electrons. The molecule has 0 bridgehead atoms. The molecule has 1 aliphatic rings. The molecule has 3 rings (SSSR count). The molecule has 1 aromatic carbocycles. The lowest BCUT2D eigenvalue weighted by molar-refractivity contribution is 0.0486. The van der Waals surface area contributed by atoms with E-state index < -0.39 is 17.8 Å². The number of hydrogen-bond donors (Lipinski definition) is 1. The molecule has 1 atom stereocenters. The standard InChI is InChI=1S/C24H29FN2O4/c1-14-20(15(2)26-21(14)24(30)31-4)22(28)16(3)27(19-8-6-5-7-9-19)23(29)17-10-12-18(25)13-11-17/h10-13,16,19,26H,5-9H2,1-4H3/t16-/m0/s1. The van der Waals surface area contributed by atoms with Crippen LogP contribution in [0.1, 0.15) is 81.5 Å². The molecule has 1 heterocycles. The second-order valence-corrected chi connectivity index (χ2v) is 8.17. The Morgan fingerprint density at radius 1 is 1.10 bits per heavy atom. The number of ketones is 1. The van der Waals surface area contributed by atoms with Gasteiger partial charge in [0.1, 0.15) is 11.5 Å². The summed E-state index contributed by atoms with van der Waals surface area (Å²) in [5.41, 5.74) is 2.07. The first-order valence-electron chi connectivity index (χ1n) is 10.7. The van der Waals surface area contributed by atoms with Crippen LogP contribution in [0.4, 0.5) is 4.39 Å². The Kier molecular flexibility index (Phi) is 6.93. The van der Waals surface area contributed by atoms with Crippen molar-refractivity contribution in [3.63, 3.8) is 0 Å². The van der Waals surface area contributed by atoms with Crippen LogP contribution in [0.3, 0.4) is 0 Å². The molecule has 0 unspecified atom stereocenters. The lowest BCUT2D eigenvalue weighted by atomic mass is 9.90. The van der Waals surface area contributed by atoms with Gasteiger partial charge >= 0.3 is 5.97 Å². The molecule has 1 fully saturated rings.